The van der Waals surface area contributed by atoms with Gasteiger partial charge in [-0.3, -0.25) is 14.2 Å². The number of rotatable bonds is 2. The Bertz CT molecular complexity index is 775. The molecule has 2 aromatic heterocycles. The van der Waals surface area contributed by atoms with E-state index in [1.54, 1.807) is 24.3 Å². The van der Waals surface area contributed by atoms with Crippen molar-refractivity contribution in [3.05, 3.63) is 52.1 Å². The molecule has 0 atom stereocenters. The molecule has 0 saturated carbocycles. The molecule has 0 saturated heterocycles. The first-order valence-corrected chi connectivity index (χ1v) is 6.19. The second kappa shape index (κ2) is 4.19. The van der Waals surface area contributed by atoms with Gasteiger partial charge in [-0.1, -0.05) is 18.2 Å². The Balaban J connectivity index is 2.47. The van der Waals surface area contributed by atoms with Crippen LogP contribution in [0.5, 0.6) is 0 Å². The predicted molar refractivity (Wildman–Crippen MR) is 71.5 cm³/mol. The molecule has 3 rings (SSSR count). The molecule has 0 amide bonds. The Morgan fingerprint density at radius 3 is 2.72 bits per heavy atom. The van der Waals surface area contributed by atoms with E-state index in [0.29, 0.717) is 23.1 Å². The van der Waals surface area contributed by atoms with E-state index in [4.69, 9.17) is 0 Å². The second-order valence-corrected chi connectivity index (χ2v) is 4.66. The maximum absolute atomic E-state index is 11.9. The minimum atomic E-state index is -0.313. The number of hydrogen-bond acceptors (Lipinski definition) is 4. The first-order valence-electron chi connectivity index (χ1n) is 5.31. The molecule has 0 N–H and O–H groups in total. The summed E-state index contributed by atoms with van der Waals surface area (Å²) >= 11 is 1.44. The molecule has 0 aliphatic carbocycles. The molecule has 2 heterocycles. The number of hydrogen-bond donors (Lipinski definition) is 0. The first-order chi connectivity index (χ1) is 8.81. The van der Waals surface area contributed by atoms with Gasteiger partial charge in [0, 0.05) is 0 Å². The summed E-state index contributed by atoms with van der Waals surface area (Å²) in [4.78, 5) is 28.0. The van der Waals surface area contributed by atoms with Crippen LogP contribution in [-0.4, -0.2) is 16.0 Å². The minimum absolute atomic E-state index is 0.313. The third-order valence-electron chi connectivity index (χ3n) is 2.68. The maximum Gasteiger partial charge on any atom is 0.281 e. The lowest BCUT2D eigenvalue weighted by atomic mass is 10.2. The highest BCUT2D eigenvalue weighted by molar-refractivity contribution is 7.13. The SMILES string of the molecule is O=Cn1c(-c2cccs2)nc(=O)c2ccccc21. The zero-order chi connectivity index (χ0) is 12.5. The van der Waals surface area contributed by atoms with Crippen molar-refractivity contribution >= 4 is 28.6 Å². The summed E-state index contributed by atoms with van der Waals surface area (Å²) in [5.41, 5.74) is 0.267. The van der Waals surface area contributed by atoms with Crippen molar-refractivity contribution < 1.29 is 4.79 Å². The molecule has 5 heteroatoms. The van der Waals surface area contributed by atoms with Crippen LogP contribution in [0.25, 0.3) is 21.6 Å². The zero-order valence-electron chi connectivity index (χ0n) is 9.24. The van der Waals surface area contributed by atoms with Crippen LogP contribution in [0.1, 0.15) is 0 Å². The van der Waals surface area contributed by atoms with Crippen molar-refractivity contribution in [2.24, 2.45) is 0 Å². The number of aromatic nitrogens is 2. The smallest absolute Gasteiger partial charge is 0.278 e. The summed E-state index contributed by atoms with van der Waals surface area (Å²) in [7, 11) is 0. The van der Waals surface area contributed by atoms with Gasteiger partial charge in [-0.25, -0.2) is 0 Å². The number of carbonyl (C=O) groups excluding carboxylic acids is 1. The molecule has 0 aliphatic rings. The van der Waals surface area contributed by atoms with Gasteiger partial charge in [0.2, 0.25) is 6.41 Å². The van der Waals surface area contributed by atoms with Crippen molar-refractivity contribution in [1.82, 2.24) is 9.55 Å². The fraction of sp³-hybridized carbons (Fsp3) is 0. The van der Waals surface area contributed by atoms with E-state index in [2.05, 4.69) is 4.98 Å². The Hall–Kier alpha value is -2.27. The molecule has 0 fully saturated rings. The van der Waals surface area contributed by atoms with Crippen LogP contribution in [0.4, 0.5) is 0 Å². The van der Waals surface area contributed by atoms with Crippen molar-refractivity contribution in [2.45, 2.75) is 0 Å². The van der Waals surface area contributed by atoms with E-state index >= 15 is 0 Å². The molecule has 1 aromatic carbocycles. The van der Waals surface area contributed by atoms with E-state index in [0.717, 1.165) is 4.88 Å². The summed E-state index contributed by atoms with van der Waals surface area (Å²) in [6.45, 7) is 0. The second-order valence-electron chi connectivity index (χ2n) is 3.71. The summed E-state index contributed by atoms with van der Waals surface area (Å²) in [6, 6.07) is 10.6. The topological polar surface area (TPSA) is 52.0 Å². The number of nitrogens with zero attached hydrogens (tertiary/aromatic N) is 2. The summed E-state index contributed by atoms with van der Waals surface area (Å²) < 4.78 is 1.41. The molecular weight excluding hydrogens is 248 g/mol. The van der Waals surface area contributed by atoms with E-state index in [1.807, 2.05) is 17.5 Å². The number of fused-ring (bicyclic) bond motifs is 1. The Labute approximate surface area is 106 Å². The van der Waals surface area contributed by atoms with Crippen LogP contribution in [0.3, 0.4) is 0 Å². The first kappa shape index (κ1) is 10.9. The van der Waals surface area contributed by atoms with Crippen LogP contribution >= 0.6 is 11.3 Å². The lowest BCUT2D eigenvalue weighted by Crippen LogP contribution is -2.15. The normalized spacial score (nSPS) is 10.7. The summed E-state index contributed by atoms with van der Waals surface area (Å²) in [5.74, 6) is 0.392. The standard InChI is InChI=1S/C13H8N2O2S/c16-8-15-10-5-2-1-4-9(10)13(17)14-12(15)11-6-3-7-18-11/h1-8H. The van der Waals surface area contributed by atoms with Crippen molar-refractivity contribution in [3.8, 4) is 10.7 Å². The Kier molecular flexibility index (Phi) is 2.53. The van der Waals surface area contributed by atoms with Crippen LogP contribution in [-0.2, 0) is 4.79 Å². The monoisotopic (exact) mass is 256 g/mol. The quantitative estimate of drug-likeness (QED) is 0.660. The van der Waals surface area contributed by atoms with Gasteiger partial charge in [0.25, 0.3) is 5.56 Å². The largest absolute Gasteiger partial charge is 0.281 e. The zero-order valence-corrected chi connectivity index (χ0v) is 10.1. The highest BCUT2D eigenvalue weighted by Gasteiger charge is 2.12. The number of carbonyl (C=O) groups is 1. The van der Waals surface area contributed by atoms with E-state index < -0.39 is 0 Å². The van der Waals surface area contributed by atoms with E-state index in [-0.39, 0.29) is 5.56 Å². The molecule has 0 spiro atoms. The van der Waals surface area contributed by atoms with Gasteiger partial charge >= 0.3 is 0 Å². The highest BCUT2D eigenvalue weighted by Crippen LogP contribution is 2.23. The van der Waals surface area contributed by atoms with Crippen molar-refractivity contribution in [3.63, 3.8) is 0 Å². The third kappa shape index (κ3) is 1.56. The maximum atomic E-state index is 11.9. The molecule has 18 heavy (non-hydrogen) atoms. The van der Waals surface area contributed by atoms with Crippen molar-refractivity contribution in [2.75, 3.05) is 0 Å². The molecule has 0 radical (unpaired) electrons. The number of benzene rings is 1. The third-order valence-corrected chi connectivity index (χ3v) is 3.54. The molecular formula is C13H8N2O2S. The molecule has 0 aliphatic heterocycles. The average molecular weight is 256 g/mol. The van der Waals surface area contributed by atoms with Crippen LogP contribution in [0.15, 0.2) is 46.6 Å². The van der Waals surface area contributed by atoms with Gasteiger partial charge in [0.15, 0.2) is 5.82 Å². The molecule has 3 aromatic rings. The predicted octanol–water partition coefficient (Wildman–Crippen LogP) is 2.16. The number of para-hydroxylation sites is 1. The fourth-order valence-corrected chi connectivity index (χ4v) is 2.59. The van der Waals surface area contributed by atoms with E-state index in [9.17, 15) is 9.59 Å². The van der Waals surface area contributed by atoms with Crippen molar-refractivity contribution in [1.29, 1.82) is 0 Å². The van der Waals surface area contributed by atoms with Crippen LogP contribution in [0.2, 0.25) is 0 Å². The van der Waals surface area contributed by atoms with Gasteiger partial charge in [0.05, 0.1) is 15.8 Å². The fourth-order valence-electron chi connectivity index (χ4n) is 1.88. The lowest BCUT2D eigenvalue weighted by Gasteiger charge is -2.07. The van der Waals surface area contributed by atoms with Crippen LogP contribution in [0, 0.1) is 0 Å². The van der Waals surface area contributed by atoms with Gasteiger partial charge in [-0.05, 0) is 23.6 Å². The molecule has 0 bridgehead atoms. The molecule has 0 unspecified atom stereocenters. The molecule has 4 nitrogen and oxygen atoms in total. The Morgan fingerprint density at radius 2 is 2.00 bits per heavy atom. The van der Waals surface area contributed by atoms with Gasteiger partial charge in [-0.2, -0.15) is 4.98 Å². The Morgan fingerprint density at radius 1 is 1.17 bits per heavy atom. The van der Waals surface area contributed by atoms with Gasteiger partial charge in [-0.15, -0.1) is 11.3 Å². The van der Waals surface area contributed by atoms with Gasteiger partial charge in [0.1, 0.15) is 0 Å². The minimum Gasteiger partial charge on any atom is -0.278 e. The summed E-state index contributed by atoms with van der Waals surface area (Å²) in [6.07, 6.45) is 0.684. The number of thiophene rings is 1. The van der Waals surface area contributed by atoms with E-state index in [1.165, 1.54) is 15.9 Å². The lowest BCUT2D eigenvalue weighted by molar-refractivity contribution is 0.548. The highest BCUT2D eigenvalue weighted by atomic mass is 32.1. The average Bonchev–Trinajstić information content (AvgIpc) is 2.92. The van der Waals surface area contributed by atoms with Gasteiger partial charge < -0.3 is 0 Å². The summed E-state index contributed by atoms with van der Waals surface area (Å²) in [5, 5.41) is 2.33. The van der Waals surface area contributed by atoms with Crippen LogP contribution < -0.4 is 5.56 Å². The molecule has 88 valence electrons.